The van der Waals surface area contributed by atoms with E-state index in [1.807, 2.05) is 26.8 Å². The van der Waals surface area contributed by atoms with E-state index < -0.39 is 11.7 Å². The summed E-state index contributed by atoms with van der Waals surface area (Å²) in [7, 11) is 0. The molecule has 2 aromatic carbocycles. The highest BCUT2D eigenvalue weighted by Crippen LogP contribution is 2.43. The van der Waals surface area contributed by atoms with Crippen molar-refractivity contribution in [1.29, 1.82) is 0 Å². The molecule has 0 atom stereocenters. The number of rotatable bonds is 2. The number of hydrogen-bond donors (Lipinski definition) is 1. The van der Waals surface area contributed by atoms with Crippen LogP contribution in [0.25, 0.3) is 10.8 Å². The predicted octanol–water partition coefficient (Wildman–Crippen LogP) is 7.44. The number of carbonyl (C=O) groups excluding carboxylic acids is 1. The molecule has 2 aliphatic rings. The lowest BCUT2D eigenvalue weighted by Crippen LogP contribution is -2.28. The number of hydrogen-bond acceptors (Lipinski definition) is 2. The van der Waals surface area contributed by atoms with E-state index >= 15 is 0 Å². The molecule has 2 fully saturated rings. The van der Waals surface area contributed by atoms with Crippen molar-refractivity contribution < 1.29 is 22.7 Å². The number of amides is 1. The number of piperidine rings is 1. The molecule has 1 amide bonds. The number of carbonyl (C=O) groups is 1. The van der Waals surface area contributed by atoms with Gasteiger partial charge < -0.3 is 10.1 Å². The Kier molecular flexibility index (Phi) is 9.85. The van der Waals surface area contributed by atoms with Crippen LogP contribution in [0.5, 0.6) is 5.75 Å². The maximum Gasteiger partial charge on any atom is 0.420 e. The first-order valence-electron chi connectivity index (χ1n) is 11.8. The molecule has 1 saturated heterocycles. The quantitative estimate of drug-likeness (QED) is 0.515. The summed E-state index contributed by atoms with van der Waals surface area (Å²) in [5.74, 6) is 0.817. The molecule has 6 heteroatoms. The normalized spacial score (nSPS) is 20.9. The van der Waals surface area contributed by atoms with E-state index in [4.69, 9.17) is 4.74 Å². The first-order valence-corrected chi connectivity index (χ1v) is 11.8. The zero-order valence-corrected chi connectivity index (χ0v) is 19.6. The third-order valence-corrected chi connectivity index (χ3v) is 5.93. The van der Waals surface area contributed by atoms with Crippen LogP contribution >= 0.6 is 0 Å². The average Bonchev–Trinajstić information content (AvgIpc) is 2.77. The Labute approximate surface area is 189 Å². The van der Waals surface area contributed by atoms with Crippen LogP contribution in [0.3, 0.4) is 0 Å². The number of aryl methyl sites for hydroxylation is 1. The zero-order valence-electron chi connectivity index (χ0n) is 19.6. The third kappa shape index (κ3) is 7.14. The number of benzene rings is 2. The Morgan fingerprint density at radius 3 is 2.19 bits per heavy atom. The molecule has 0 bridgehead atoms. The zero-order chi connectivity index (χ0) is 23.7. The van der Waals surface area contributed by atoms with E-state index in [1.165, 1.54) is 12.1 Å². The summed E-state index contributed by atoms with van der Waals surface area (Å²) in [4.78, 5) is 10.4. The van der Waals surface area contributed by atoms with Gasteiger partial charge in [-0.25, -0.2) is 0 Å². The summed E-state index contributed by atoms with van der Waals surface area (Å²) in [6.07, 6.45) is 2.10. The first kappa shape index (κ1) is 26.0. The van der Waals surface area contributed by atoms with Gasteiger partial charge in [0, 0.05) is 13.0 Å². The van der Waals surface area contributed by atoms with Gasteiger partial charge in [-0.2, -0.15) is 13.2 Å². The number of halogens is 3. The van der Waals surface area contributed by atoms with E-state index in [9.17, 15) is 18.0 Å². The SMILES string of the molecule is CC.Cc1cccc2c(C(F)(F)F)c(OC3CCC(C)CC3)ccc12.O=C1CCCCN1. The van der Waals surface area contributed by atoms with Gasteiger partial charge in [0.2, 0.25) is 5.91 Å². The van der Waals surface area contributed by atoms with E-state index in [2.05, 4.69) is 12.2 Å². The van der Waals surface area contributed by atoms with Crippen molar-refractivity contribution in [3.63, 3.8) is 0 Å². The minimum Gasteiger partial charge on any atom is -0.490 e. The molecular weight excluding hydrogens is 415 g/mol. The number of ether oxygens (including phenoxy) is 1. The lowest BCUT2D eigenvalue weighted by molar-refractivity contribution is -0.138. The van der Waals surface area contributed by atoms with Crippen LogP contribution in [0.1, 0.15) is 76.8 Å². The van der Waals surface area contributed by atoms with Gasteiger partial charge in [-0.05, 0) is 73.8 Å². The fourth-order valence-electron chi connectivity index (χ4n) is 4.14. The molecule has 178 valence electrons. The summed E-state index contributed by atoms with van der Waals surface area (Å²) in [5, 5.41) is 3.59. The van der Waals surface area contributed by atoms with Gasteiger partial charge in [-0.15, -0.1) is 0 Å². The number of alkyl halides is 3. The van der Waals surface area contributed by atoms with Gasteiger partial charge in [0.05, 0.1) is 6.10 Å². The van der Waals surface area contributed by atoms with Crippen LogP contribution in [-0.4, -0.2) is 18.6 Å². The van der Waals surface area contributed by atoms with Gasteiger partial charge in [0.1, 0.15) is 11.3 Å². The molecule has 32 heavy (non-hydrogen) atoms. The topological polar surface area (TPSA) is 38.3 Å². The highest BCUT2D eigenvalue weighted by Gasteiger charge is 2.37. The molecule has 3 nitrogen and oxygen atoms in total. The van der Waals surface area contributed by atoms with Gasteiger partial charge in [0.15, 0.2) is 0 Å². The van der Waals surface area contributed by atoms with E-state index in [1.54, 1.807) is 12.1 Å². The molecule has 0 unspecified atom stereocenters. The maximum atomic E-state index is 13.6. The monoisotopic (exact) mass is 451 g/mol. The van der Waals surface area contributed by atoms with Gasteiger partial charge in [-0.1, -0.05) is 45.0 Å². The minimum absolute atomic E-state index is 0.0323. The maximum absolute atomic E-state index is 13.6. The third-order valence-electron chi connectivity index (χ3n) is 5.93. The van der Waals surface area contributed by atoms with E-state index in [-0.39, 0.29) is 23.1 Å². The van der Waals surface area contributed by atoms with E-state index in [0.29, 0.717) is 11.3 Å². The molecule has 1 heterocycles. The molecular formula is C26H36F3NO2. The first-order chi connectivity index (χ1) is 15.3. The van der Waals surface area contributed by atoms with Crippen LogP contribution in [0.2, 0.25) is 0 Å². The van der Waals surface area contributed by atoms with Crippen molar-refractivity contribution in [2.75, 3.05) is 6.54 Å². The minimum atomic E-state index is -4.43. The summed E-state index contributed by atoms with van der Waals surface area (Å²) in [6, 6.07) is 8.24. The predicted molar refractivity (Wildman–Crippen MR) is 124 cm³/mol. The number of fused-ring (bicyclic) bond motifs is 1. The second kappa shape index (κ2) is 12.1. The van der Waals surface area contributed by atoms with Crippen LogP contribution in [-0.2, 0) is 11.0 Å². The van der Waals surface area contributed by atoms with Crippen LogP contribution in [0.15, 0.2) is 30.3 Å². The molecule has 0 radical (unpaired) electrons. The molecule has 1 N–H and O–H groups in total. The molecule has 4 rings (SSSR count). The van der Waals surface area contributed by atoms with Gasteiger partial charge in [0.25, 0.3) is 0 Å². The van der Waals surface area contributed by atoms with Crippen molar-refractivity contribution in [3.05, 3.63) is 41.5 Å². The van der Waals surface area contributed by atoms with Crippen LogP contribution < -0.4 is 10.1 Å². The van der Waals surface area contributed by atoms with Gasteiger partial charge >= 0.3 is 6.18 Å². The molecule has 1 aliphatic heterocycles. The summed E-state index contributed by atoms with van der Waals surface area (Å²) in [6.45, 7) is 8.89. The Morgan fingerprint density at radius 1 is 0.969 bits per heavy atom. The summed E-state index contributed by atoms with van der Waals surface area (Å²) >= 11 is 0. The lowest BCUT2D eigenvalue weighted by atomic mass is 9.89. The Morgan fingerprint density at radius 2 is 1.66 bits per heavy atom. The molecule has 1 aliphatic carbocycles. The van der Waals surface area contributed by atoms with Gasteiger partial charge in [-0.3, -0.25) is 4.79 Å². The molecule has 2 aromatic rings. The standard InChI is InChI=1S/C19H21F3O.C5H9NO.C2H6/c1-12-6-8-14(9-7-12)23-17-11-10-15-13(2)4-3-5-16(15)18(17)19(20,21)22;7-5-3-1-2-4-6-5;1-2/h3-5,10-12,14H,6-9H2,1-2H3;1-4H2,(H,6,7);1-2H3. The average molecular weight is 452 g/mol. The van der Waals surface area contributed by atoms with Crippen LogP contribution in [0.4, 0.5) is 13.2 Å². The second-order valence-electron chi connectivity index (χ2n) is 8.41. The van der Waals surface area contributed by atoms with Crippen molar-refractivity contribution >= 4 is 16.7 Å². The van der Waals surface area contributed by atoms with Crippen molar-refractivity contribution in [1.82, 2.24) is 5.32 Å². The van der Waals surface area contributed by atoms with Crippen LogP contribution in [0, 0.1) is 12.8 Å². The smallest absolute Gasteiger partial charge is 0.420 e. The van der Waals surface area contributed by atoms with Crippen molar-refractivity contribution in [2.45, 2.75) is 84.9 Å². The van der Waals surface area contributed by atoms with Crippen molar-refractivity contribution in [3.8, 4) is 5.75 Å². The summed E-state index contributed by atoms with van der Waals surface area (Å²) in [5.41, 5.74) is 0.198. The Balaban J connectivity index is 0.000000340. The number of nitrogens with one attached hydrogen (secondary N) is 1. The largest absolute Gasteiger partial charge is 0.490 e. The van der Waals surface area contributed by atoms with E-state index in [0.717, 1.165) is 57.1 Å². The highest BCUT2D eigenvalue weighted by molar-refractivity contribution is 5.90. The fraction of sp³-hybridized carbons (Fsp3) is 0.577. The van der Waals surface area contributed by atoms with Crippen molar-refractivity contribution in [2.24, 2.45) is 5.92 Å². The molecule has 0 spiro atoms. The fourth-order valence-corrected chi connectivity index (χ4v) is 4.14. The Hall–Kier alpha value is -2.24. The second-order valence-corrected chi connectivity index (χ2v) is 8.41. The molecule has 0 aromatic heterocycles. The lowest BCUT2D eigenvalue weighted by Gasteiger charge is -2.28. The molecule has 1 saturated carbocycles. The summed E-state index contributed by atoms with van der Waals surface area (Å²) < 4.78 is 46.7. The Bertz CT molecular complexity index is 863. The highest BCUT2D eigenvalue weighted by atomic mass is 19.4.